The van der Waals surface area contributed by atoms with Crippen LogP contribution in [0.1, 0.15) is 47.5 Å². The van der Waals surface area contributed by atoms with Gasteiger partial charge in [0.05, 0.1) is 21.7 Å². The summed E-state index contributed by atoms with van der Waals surface area (Å²) in [5.74, 6) is 0.775. The van der Waals surface area contributed by atoms with Crippen molar-refractivity contribution in [2.75, 3.05) is 36.4 Å². The van der Waals surface area contributed by atoms with Gasteiger partial charge in [-0.15, -0.1) is 0 Å². The van der Waals surface area contributed by atoms with E-state index in [4.69, 9.17) is 21.3 Å². The number of aromatic nitrogens is 2. The fourth-order valence-corrected chi connectivity index (χ4v) is 3.76. The minimum Gasteiger partial charge on any atom is -0.444 e. The van der Waals surface area contributed by atoms with Gasteiger partial charge in [-0.3, -0.25) is 0 Å². The maximum Gasteiger partial charge on any atom is 0.410 e. The van der Waals surface area contributed by atoms with E-state index in [0.29, 0.717) is 37.2 Å². The summed E-state index contributed by atoms with van der Waals surface area (Å²) < 4.78 is 5.47. The maximum atomic E-state index is 12.3. The summed E-state index contributed by atoms with van der Waals surface area (Å²) in [5.41, 5.74) is 2.26. The number of anilines is 2. The Morgan fingerprint density at radius 3 is 2.48 bits per heavy atom. The zero-order valence-corrected chi connectivity index (χ0v) is 18.8. The van der Waals surface area contributed by atoms with E-state index in [1.165, 1.54) is 0 Å². The molecule has 1 aromatic carbocycles. The average molecular weight is 422 g/mol. The standard InChI is InChI=1S/C21H32ClN5O2/c1-6-14(7-2)23-19-24-16-12-15(22)18(13-17(16)25-19)26-8-10-27(11-9-26)20(28)29-21(3,4)5/h12-14H,6-11H2,1-5H3,(H2,23,24,25). The quantitative estimate of drug-likeness (QED) is 0.720. The minimum atomic E-state index is -0.483. The molecular weight excluding hydrogens is 390 g/mol. The van der Waals surface area contributed by atoms with Crippen molar-refractivity contribution in [2.24, 2.45) is 0 Å². The first-order chi connectivity index (χ1) is 13.7. The van der Waals surface area contributed by atoms with Crippen LogP contribution in [0.4, 0.5) is 16.4 Å². The number of H-pyrrole nitrogens is 1. The van der Waals surface area contributed by atoms with E-state index < -0.39 is 5.60 Å². The third-order valence-corrected chi connectivity index (χ3v) is 5.45. The van der Waals surface area contributed by atoms with Crippen LogP contribution in [-0.4, -0.2) is 58.8 Å². The Labute approximate surface area is 177 Å². The molecule has 1 aliphatic rings. The van der Waals surface area contributed by atoms with Crippen LogP contribution in [0.15, 0.2) is 12.1 Å². The molecule has 1 amide bonds. The Morgan fingerprint density at radius 2 is 1.90 bits per heavy atom. The second-order valence-electron chi connectivity index (χ2n) is 8.52. The highest BCUT2D eigenvalue weighted by molar-refractivity contribution is 6.34. The van der Waals surface area contributed by atoms with E-state index in [0.717, 1.165) is 35.5 Å². The van der Waals surface area contributed by atoms with E-state index in [-0.39, 0.29) is 6.09 Å². The van der Waals surface area contributed by atoms with Crippen molar-refractivity contribution in [1.82, 2.24) is 14.9 Å². The van der Waals surface area contributed by atoms with Crippen molar-refractivity contribution in [2.45, 2.75) is 59.1 Å². The monoisotopic (exact) mass is 421 g/mol. The molecule has 0 aliphatic carbocycles. The zero-order chi connectivity index (χ0) is 21.2. The van der Waals surface area contributed by atoms with Crippen molar-refractivity contribution in [3.63, 3.8) is 0 Å². The Hall–Kier alpha value is -2.15. The first kappa shape index (κ1) is 21.6. The first-order valence-electron chi connectivity index (χ1n) is 10.4. The molecule has 2 heterocycles. The van der Waals surface area contributed by atoms with Crippen LogP contribution >= 0.6 is 11.6 Å². The molecule has 2 N–H and O–H groups in total. The van der Waals surface area contributed by atoms with E-state index in [2.05, 4.69) is 29.0 Å². The predicted molar refractivity (Wildman–Crippen MR) is 119 cm³/mol. The fourth-order valence-electron chi connectivity index (χ4n) is 3.47. The maximum absolute atomic E-state index is 12.3. The van der Waals surface area contributed by atoms with Gasteiger partial charge in [0.2, 0.25) is 5.95 Å². The number of aromatic amines is 1. The molecular formula is C21H32ClN5O2. The number of hydrogen-bond acceptors (Lipinski definition) is 5. The number of ether oxygens (including phenoxy) is 1. The molecule has 8 heteroatoms. The lowest BCUT2D eigenvalue weighted by atomic mass is 10.2. The lowest BCUT2D eigenvalue weighted by Gasteiger charge is -2.37. The number of carbonyl (C=O) groups is 1. The summed E-state index contributed by atoms with van der Waals surface area (Å²) in [6.45, 7) is 12.6. The molecule has 0 atom stereocenters. The largest absolute Gasteiger partial charge is 0.444 e. The molecule has 1 aliphatic heterocycles. The molecule has 1 aromatic heterocycles. The minimum absolute atomic E-state index is 0.261. The van der Waals surface area contributed by atoms with E-state index in [1.807, 2.05) is 32.9 Å². The van der Waals surface area contributed by atoms with E-state index in [1.54, 1.807) is 4.90 Å². The number of nitrogens with one attached hydrogen (secondary N) is 2. The Morgan fingerprint density at radius 1 is 1.24 bits per heavy atom. The summed E-state index contributed by atoms with van der Waals surface area (Å²) in [6, 6.07) is 4.35. The second-order valence-corrected chi connectivity index (χ2v) is 8.93. The van der Waals surface area contributed by atoms with Crippen molar-refractivity contribution >= 4 is 40.4 Å². The van der Waals surface area contributed by atoms with Crippen LogP contribution < -0.4 is 10.2 Å². The van der Waals surface area contributed by atoms with Gasteiger partial charge in [0.1, 0.15) is 5.60 Å². The summed E-state index contributed by atoms with van der Waals surface area (Å²) in [7, 11) is 0. The molecule has 0 saturated carbocycles. The van der Waals surface area contributed by atoms with Gasteiger partial charge in [-0.05, 0) is 45.7 Å². The van der Waals surface area contributed by atoms with Gasteiger partial charge in [0.15, 0.2) is 0 Å². The second kappa shape index (κ2) is 8.69. The highest BCUT2D eigenvalue weighted by atomic mass is 35.5. The van der Waals surface area contributed by atoms with Crippen LogP contribution in [0.5, 0.6) is 0 Å². The number of rotatable bonds is 5. The van der Waals surface area contributed by atoms with Crippen LogP contribution in [0.25, 0.3) is 11.0 Å². The Bertz CT molecular complexity index is 849. The highest BCUT2D eigenvalue weighted by Crippen LogP contribution is 2.32. The normalized spacial score (nSPS) is 15.3. The summed E-state index contributed by atoms with van der Waals surface area (Å²) in [5, 5.41) is 4.12. The van der Waals surface area contributed by atoms with Crippen molar-refractivity contribution in [1.29, 1.82) is 0 Å². The number of hydrogen-bond donors (Lipinski definition) is 2. The number of fused-ring (bicyclic) bond motifs is 1. The third kappa shape index (κ3) is 5.26. The van der Waals surface area contributed by atoms with E-state index in [9.17, 15) is 4.79 Å². The SMILES string of the molecule is CCC(CC)Nc1nc2cc(N3CCN(C(=O)OC(C)(C)C)CC3)c(Cl)cc2[nH]1. The molecule has 3 rings (SSSR count). The molecule has 160 valence electrons. The first-order valence-corrected chi connectivity index (χ1v) is 10.8. The van der Waals surface area contributed by atoms with Crippen LogP contribution in [0, 0.1) is 0 Å². The van der Waals surface area contributed by atoms with Gasteiger partial charge in [0, 0.05) is 32.2 Å². The summed E-state index contributed by atoms with van der Waals surface area (Å²) in [4.78, 5) is 24.2. The lowest BCUT2D eigenvalue weighted by Crippen LogP contribution is -2.50. The van der Waals surface area contributed by atoms with Crippen molar-refractivity contribution < 1.29 is 9.53 Å². The number of piperazine rings is 1. The number of carbonyl (C=O) groups excluding carboxylic acids is 1. The summed E-state index contributed by atoms with van der Waals surface area (Å²) in [6.07, 6.45) is 1.83. The molecule has 29 heavy (non-hydrogen) atoms. The predicted octanol–water partition coefficient (Wildman–Crippen LogP) is 4.87. The van der Waals surface area contributed by atoms with Crippen LogP contribution in [0.2, 0.25) is 5.02 Å². The van der Waals surface area contributed by atoms with Gasteiger partial charge in [-0.25, -0.2) is 9.78 Å². The molecule has 1 fully saturated rings. The highest BCUT2D eigenvalue weighted by Gasteiger charge is 2.27. The van der Waals surface area contributed by atoms with Crippen LogP contribution in [0.3, 0.4) is 0 Å². The molecule has 0 bridgehead atoms. The van der Waals surface area contributed by atoms with Gasteiger partial charge >= 0.3 is 6.09 Å². The summed E-state index contributed by atoms with van der Waals surface area (Å²) >= 11 is 6.58. The zero-order valence-electron chi connectivity index (χ0n) is 18.0. The molecule has 7 nitrogen and oxygen atoms in total. The fraction of sp³-hybridized carbons (Fsp3) is 0.619. The lowest BCUT2D eigenvalue weighted by molar-refractivity contribution is 0.0240. The molecule has 0 spiro atoms. The number of amides is 1. The average Bonchev–Trinajstić information content (AvgIpc) is 3.05. The Kier molecular flexibility index (Phi) is 6.46. The smallest absolute Gasteiger partial charge is 0.410 e. The van der Waals surface area contributed by atoms with E-state index >= 15 is 0 Å². The van der Waals surface area contributed by atoms with Crippen molar-refractivity contribution in [3.05, 3.63) is 17.2 Å². The molecule has 0 unspecified atom stereocenters. The van der Waals surface area contributed by atoms with Gasteiger partial charge < -0.3 is 24.8 Å². The van der Waals surface area contributed by atoms with Gasteiger partial charge in [0.25, 0.3) is 0 Å². The third-order valence-electron chi connectivity index (χ3n) is 5.15. The van der Waals surface area contributed by atoms with Crippen molar-refractivity contribution in [3.8, 4) is 0 Å². The molecule has 1 saturated heterocycles. The number of nitrogens with zero attached hydrogens (tertiary/aromatic N) is 3. The number of imidazole rings is 1. The number of benzene rings is 1. The van der Waals surface area contributed by atoms with Gasteiger partial charge in [-0.2, -0.15) is 0 Å². The number of halogens is 1. The van der Waals surface area contributed by atoms with Crippen LogP contribution in [-0.2, 0) is 4.74 Å². The molecule has 0 radical (unpaired) electrons. The topological polar surface area (TPSA) is 73.5 Å². The van der Waals surface area contributed by atoms with Gasteiger partial charge in [-0.1, -0.05) is 25.4 Å². The Balaban J connectivity index is 1.70. The molecule has 2 aromatic rings.